The molecule has 2 bridgehead atoms. The van der Waals surface area contributed by atoms with Gasteiger partial charge in [0.05, 0.1) is 11.5 Å². The quantitative estimate of drug-likeness (QED) is 0.807. The molecule has 1 aromatic rings. The van der Waals surface area contributed by atoms with Gasteiger partial charge in [-0.1, -0.05) is 13.8 Å². The topological polar surface area (TPSA) is 46.6 Å². The van der Waals surface area contributed by atoms with Crippen LogP contribution in [0.2, 0.25) is 0 Å². The van der Waals surface area contributed by atoms with Crippen molar-refractivity contribution in [3.05, 3.63) is 24.3 Å². The molecular formula is C17H25NO3S. The first-order chi connectivity index (χ1) is 10.5. The summed E-state index contributed by atoms with van der Waals surface area (Å²) in [6.07, 6.45) is 4.23. The number of hydrogen-bond donors (Lipinski definition) is 0. The third-order valence-corrected chi connectivity index (χ3v) is 6.69. The van der Waals surface area contributed by atoms with Gasteiger partial charge in [-0.05, 0) is 61.8 Å². The fourth-order valence-electron chi connectivity index (χ4n) is 3.43. The molecule has 1 aliphatic carbocycles. The molecule has 4 nitrogen and oxygen atoms in total. The molecule has 1 saturated carbocycles. The van der Waals surface area contributed by atoms with E-state index in [1.807, 2.05) is 0 Å². The van der Waals surface area contributed by atoms with Gasteiger partial charge >= 0.3 is 0 Å². The lowest BCUT2D eigenvalue weighted by Crippen LogP contribution is -2.37. The highest BCUT2D eigenvalue weighted by Gasteiger charge is 2.44. The largest absolute Gasteiger partial charge is 0.494 e. The van der Waals surface area contributed by atoms with Gasteiger partial charge in [0.1, 0.15) is 5.75 Å². The molecule has 1 heterocycles. The maximum atomic E-state index is 12.7. The SMILES string of the molecule is CC(C)CCOc1ccc(S(=O)(=O)N2CC3CCC2C3)cc1. The van der Waals surface area contributed by atoms with E-state index >= 15 is 0 Å². The smallest absolute Gasteiger partial charge is 0.243 e. The molecule has 1 aliphatic heterocycles. The predicted molar refractivity (Wildman–Crippen MR) is 86.4 cm³/mol. The number of hydrogen-bond acceptors (Lipinski definition) is 3. The van der Waals surface area contributed by atoms with Crippen molar-refractivity contribution in [2.75, 3.05) is 13.2 Å². The molecule has 0 N–H and O–H groups in total. The van der Waals surface area contributed by atoms with Crippen molar-refractivity contribution in [2.45, 2.75) is 50.5 Å². The highest BCUT2D eigenvalue weighted by Crippen LogP contribution is 2.40. The van der Waals surface area contributed by atoms with Crippen LogP contribution in [0, 0.1) is 11.8 Å². The van der Waals surface area contributed by atoms with E-state index in [0.717, 1.165) is 25.0 Å². The molecule has 2 aliphatic rings. The fourth-order valence-corrected chi connectivity index (χ4v) is 5.17. The zero-order valence-corrected chi connectivity index (χ0v) is 14.2. The molecule has 0 spiro atoms. The van der Waals surface area contributed by atoms with E-state index in [2.05, 4.69) is 13.8 Å². The lowest BCUT2D eigenvalue weighted by molar-refractivity contribution is 0.289. The lowest BCUT2D eigenvalue weighted by atomic mass is 10.1. The Bertz CT molecular complexity index is 609. The summed E-state index contributed by atoms with van der Waals surface area (Å²) in [6.45, 7) is 5.67. The monoisotopic (exact) mass is 323 g/mol. The number of fused-ring (bicyclic) bond motifs is 2. The summed E-state index contributed by atoms with van der Waals surface area (Å²) in [4.78, 5) is 0.385. The Labute approximate surface area is 133 Å². The molecule has 2 unspecified atom stereocenters. The summed E-state index contributed by atoms with van der Waals surface area (Å²) < 4.78 is 32.8. The number of benzene rings is 1. The minimum absolute atomic E-state index is 0.219. The lowest BCUT2D eigenvalue weighted by Gasteiger charge is -2.26. The van der Waals surface area contributed by atoms with Crippen LogP contribution < -0.4 is 4.74 Å². The summed E-state index contributed by atoms with van der Waals surface area (Å²) in [7, 11) is -3.34. The highest BCUT2D eigenvalue weighted by atomic mass is 32.2. The first-order valence-electron chi connectivity index (χ1n) is 8.21. The van der Waals surface area contributed by atoms with Crippen LogP contribution in [-0.2, 0) is 10.0 Å². The number of rotatable bonds is 6. The minimum atomic E-state index is -3.34. The van der Waals surface area contributed by atoms with Crippen LogP contribution >= 0.6 is 0 Å². The first-order valence-corrected chi connectivity index (χ1v) is 9.65. The highest BCUT2D eigenvalue weighted by molar-refractivity contribution is 7.89. The maximum absolute atomic E-state index is 12.7. The van der Waals surface area contributed by atoms with Gasteiger partial charge < -0.3 is 4.74 Å². The predicted octanol–water partition coefficient (Wildman–Crippen LogP) is 3.28. The van der Waals surface area contributed by atoms with Gasteiger partial charge in [-0.25, -0.2) is 8.42 Å². The molecule has 1 saturated heterocycles. The van der Waals surface area contributed by atoms with Crippen LogP contribution in [-0.4, -0.2) is 31.9 Å². The number of nitrogens with zero attached hydrogens (tertiary/aromatic N) is 1. The second kappa shape index (κ2) is 6.20. The molecule has 0 amide bonds. The minimum Gasteiger partial charge on any atom is -0.494 e. The van der Waals surface area contributed by atoms with E-state index in [1.165, 1.54) is 6.42 Å². The average Bonchev–Trinajstić information content (AvgIpc) is 3.10. The van der Waals surface area contributed by atoms with E-state index in [-0.39, 0.29) is 6.04 Å². The Hall–Kier alpha value is -1.07. The van der Waals surface area contributed by atoms with Gasteiger partial charge in [0, 0.05) is 12.6 Å². The summed E-state index contributed by atoms with van der Waals surface area (Å²) in [5.41, 5.74) is 0. The van der Waals surface area contributed by atoms with Crippen molar-refractivity contribution in [1.82, 2.24) is 4.31 Å². The summed E-state index contributed by atoms with van der Waals surface area (Å²) in [5, 5.41) is 0. The number of ether oxygens (including phenoxy) is 1. The van der Waals surface area contributed by atoms with Gasteiger partial charge in [0.15, 0.2) is 0 Å². The Morgan fingerprint density at radius 1 is 1.23 bits per heavy atom. The molecule has 3 rings (SSSR count). The second-order valence-corrected chi connectivity index (χ2v) is 8.80. The summed E-state index contributed by atoms with van der Waals surface area (Å²) in [5.74, 6) is 1.91. The Morgan fingerprint density at radius 2 is 1.95 bits per heavy atom. The van der Waals surface area contributed by atoms with Crippen molar-refractivity contribution in [3.8, 4) is 5.75 Å². The number of piperidine rings is 1. The molecular weight excluding hydrogens is 298 g/mol. The van der Waals surface area contributed by atoms with Crippen molar-refractivity contribution in [3.63, 3.8) is 0 Å². The average molecular weight is 323 g/mol. The number of sulfonamides is 1. The van der Waals surface area contributed by atoms with E-state index in [9.17, 15) is 8.42 Å². The molecule has 0 aromatic heterocycles. The molecule has 2 fully saturated rings. The molecule has 0 radical (unpaired) electrons. The Morgan fingerprint density at radius 3 is 2.50 bits per heavy atom. The van der Waals surface area contributed by atoms with Crippen LogP contribution in [0.15, 0.2) is 29.2 Å². The van der Waals surface area contributed by atoms with Crippen LogP contribution in [0.3, 0.4) is 0 Å². The molecule has 22 heavy (non-hydrogen) atoms. The van der Waals surface area contributed by atoms with Crippen molar-refractivity contribution < 1.29 is 13.2 Å². The zero-order chi connectivity index (χ0) is 15.7. The standard InChI is InChI=1S/C17H25NO3S/c1-13(2)9-10-21-16-5-7-17(8-6-16)22(19,20)18-12-14-3-4-15(18)11-14/h5-8,13-15H,3-4,9-12H2,1-2H3. The van der Waals surface area contributed by atoms with Gasteiger partial charge in [0.2, 0.25) is 10.0 Å². The van der Waals surface area contributed by atoms with Gasteiger partial charge in [-0.15, -0.1) is 0 Å². The molecule has 2 atom stereocenters. The Kier molecular flexibility index (Phi) is 4.46. The van der Waals surface area contributed by atoms with Crippen molar-refractivity contribution in [2.24, 2.45) is 11.8 Å². The summed E-state index contributed by atoms with van der Waals surface area (Å²) in [6, 6.07) is 7.10. The first kappa shape index (κ1) is 15.8. The van der Waals surface area contributed by atoms with Crippen LogP contribution in [0.25, 0.3) is 0 Å². The molecule has 122 valence electrons. The summed E-state index contributed by atoms with van der Waals surface area (Å²) >= 11 is 0. The van der Waals surface area contributed by atoms with Crippen LogP contribution in [0.4, 0.5) is 0 Å². The van der Waals surface area contributed by atoms with Gasteiger partial charge in [-0.3, -0.25) is 0 Å². The maximum Gasteiger partial charge on any atom is 0.243 e. The van der Waals surface area contributed by atoms with Gasteiger partial charge in [0.25, 0.3) is 0 Å². The Balaban J connectivity index is 1.67. The zero-order valence-electron chi connectivity index (χ0n) is 13.4. The van der Waals surface area contributed by atoms with Crippen LogP contribution in [0.5, 0.6) is 5.75 Å². The molecule has 5 heteroatoms. The molecule has 1 aromatic carbocycles. The van der Waals surface area contributed by atoms with E-state index < -0.39 is 10.0 Å². The van der Waals surface area contributed by atoms with E-state index in [4.69, 9.17) is 4.74 Å². The van der Waals surface area contributed by atoms with Crippen LogP contribution in [0.1, 0.15) is 39.5 Å². The van der Waals surface area contributed by atoms with E-state index in [0.29, 0.717) is 29.9 Å². The third-order valence-electron chi connectivity index (χ3n) is 4.75. The normalized spacial score (nSPS) is 25.0. The van der Waals surface area contributed by atoms with Crippen molar-refractivity contribution in [1.29, 1.82) is 0 Å². The third kappa shape index (κ3) is 3.15. The van der Waals surface area contributed by atoms with Crippen molar-refractivity contribution >= 4 is 10.0 Å². The second-order valence-electron chi connectivity index (χ2n) is 6.91. The van der Waals surface area contributed by atoms with E-state index in [1.54, 1.807) is 28.6 Å². The fraction of sp³-hybridized carbons (Fsp3) is 0.647. The van der Waals surface area contributed by atoms with Gasteiger partial charge in [-0.2, -0.15) is 4.31 Å².